The van der Waals surface area contributed by atoms with Crippen LogP contribution in [-0.4, -0.2) is 45.1 Å². The molecule has 0 bridgehead atoms. The van der Waals surface area contributed by atoms with E-state index in [-0.39, 0.29) is 17.2 Å². The number of aryl methyl sites for hydroxylation is 1. The number of amides is 2. The van der Waals surface area contributed by atoms with Crippen LogP contribution in [0.25, 0.3) is 0 Å². The van der Waals surface area contributed by atoms with Crippen LogP contribution in [0.15, 0.2) is 12.3 Å². The number of aromatic nitrogens is 2. The lowest BCUT2D eigenvalue weighted by Gasteiger charge is -2.44. The lowest BCUT2D eigenvalue weighted by molar-refractivity contribution is -0.153. The Hall–Kier alpha value is -1.85. The minimum atomic E-state index is -0.456. The maximum Gasteiger partial charge on any atom is 0.245 e. The molecule has 1 aromatic rings. The van der Waals surface area contributed by atoms with Crippen LogP contribution in [0.4, 0.5) is 0 Å². The van der Waals surface area contributed by atoms with Crippen LogP contribution in [0.2, 0.25) is 0 Å². The van der Waals surface area contributed by atoms with Crippen LogP contribution in [0.3, 0.4) is 0 Å². The minimum Gasteiger partial charge on any atom is -0.343 e. The predicted molar refractivity (Wildman–Crippen MR) is 79.5 cm³/mol. The molecule has 116 valence electrons. The number of piperazine rings is 1. The second-order valence-electron chi connectivity index (χ2n) is 6.73. The molecule has 0 spiro atoms. The van der Waals surface area contributed by atoms with Crippen LogP contribution >= 0.6 is 0 Å². The Morgan fingerprint density at radius 3 is 2.52 bits per heavy atom. The van der Waals surface area contributed by atoms with Crippen molar-refractivity contribution in [2.24, 2.45) is 12.5 Å². The van der Waals surface area contributed by atoms with Gasteiger partial charge in [-0.2, -0.15) is 5.10 Å². The molecule has 2 rings (SSSR count). The Morgan fingerprint density at radius 1 is 1.33 bits per heavy atom. The van der Waals surface area contributed by atoms with Crippen molar-refractivity contribution < 1.29 is 9.59 Å². The summed E-state index contributed by atoms with van der Waals surface area (Å²) in [4.78, 5) is 26.5. The topological polar surface area (TPSA) is 67.2 Å². The van der Waals surface area contributed by atoms with Gasteiger partial charge in [0.15, 0.2) is 0 Å². The van der Waals surface area contributed by atoms with E-state index in [9.17, 15) is 9.59 Å². The summed E-state index contributed by atoms with van der Waals surface area (Å²) in [6.07, 6.45) is 2.43. The molecule has 1 aliphatic rings. The lowest BCUT2D eigenvalue weighted by Crippen LogP contribution is -2.66. The summed E-state index contributed by atoms with van der Waals surface area (Å²) in [7, 11) is 1.88. The third kappa shape index (κ3) is 3.09. The molecular weight excluding hydrogens is 268 g/mol. The second-order valence-corrected chi connectivity index (χ2v) is 6.73. The van der Waals surface area contributed by atoms with E-state index >= 15 is 0 Å². The lowest BCUT2D eigenvalue weighted by atomic mass is 9.83. The first-order valence-electron chi connectivity index (χ1n) is 7.29. The number of nitrogens with zero attached hydrogens (tertiary/aromatic N) is 3. The fraction of sp³-hybridized carbons (Fsp3) is 0.667. The number of carbonyl (C=O) groups excluding carboxylic acids is 2. The van der Waals surface area contributed by atoms with Gasteiger partial charge < -0.3 is 10.2 Å². The first-order valence-corrected chi connectivity index (χ1v) is 7.29. The molecule has 1 N–H and O–H groups in total. The van der Waals surface area contributed by atoms with Gasteiger partial charge in [0.05, 0.1) is 0 Å². The molecule has 2 heterocycles. The van der Waals surface area contributed by atoms with Crippen LogP contribution in [0.1, 0.15) is 33.4 Å². The number of rotatable bonds is 3. The van der Waals surface area contributed by atoms with Crippen molar-refractivity contribution in [1.82, 2.24) is 20.0 Å². The first kappa shape index (κ1) is 15.5. The monoisotopic (exact) mass is 292 g/mol. The summed E-state index contributed by atoms with van der Waals surface area (Å²) in [6.45, 7) is 8.21. The van der Waals surface area contributed by atoms with Gasteiger partial charge in [0.2, 0.25) is 11.8 Å². The van der Waals surface area contributed by atoms with Gasteiger partial charge in [0.25, 0.3) is 0 Å². The van der Waals surface area contributed by atoms with Gasteiger partial charge >= 0.3 is 0 Å². The quantitative estimate of drug-likeness (QED) is 0.893. The fourth-order valence-corrected chi connectivity index (χ4v) is 2.85. The Morgan fingerprint density at radius 2 is 2.00 bits per heavy atom. The van der Waals surface area contributed by atoms with Crippen LogP contribution in [0.5, 0.6) is 0 Å². The molecule has 21 heavy (non-hydrogen) atoms. The zero-order valence-electron chi connectivity index (χ0n) is 13.4. The third-order valence-corrected chi connectivity index (χ3v) is 3.92. The summed E-state index contributed by atoms with van der Waals surface area (Å²) in [5, 5.41) is 6.90. The minimum absolute atomic E-state index is 0.0170. The number of carbonyl (C=O) groups is 2. The maximum atomic E-state index is 12.5. The fourth-order valence-electron chi connectivity index (χ4n) is 2.85. The van der Waals surface area contributed by atoms with E-state index in [1.54, 1.807) is 22.7 Å². The Labute approximate surface area is 125 Å². The average molecular weight is 292 g/mol. The molecule has 6 heteroatoms. The first-order chi connectivity index (χ1) is 9.71. The molecule has 2 amide bonds. The highest BCUT2D eigenvalue weighted by molar-refractivity contribution is 5.97. The van der Waals surface area contributed by atoms with Crippen molar-refractivity contribution in [3.8, 4) is 0 Å². The van der Waals surface area contributed by atoms with Crippen LogP contribution in [0, 0.1) is 5.41 Å². The normalized spacial score (nSPS) is 23.4. The zero-order chi connectivity index (χ0) is 15.8. The molecule has 0 aromatic carbocycles. The van der Waals surface area contributed by atoms with E-state index < -0.39 is 12.1 Å². The maximum absolute atomic E-state index is 12.5. The largest absolute Gasteiger partial charge is 0.343 e. The van der Waals surface area contributed by atoms with E-state index in [1.807, 2.05) is 33.9 Å². The Kier molecular flexibility index (Phi) is 4.07. The summed E-state index contributed by atoms with van der Waals surface area (Å²) < 4.78 is 1.80. The van der Waals surface area contributed by atoms with Gasteiger partial charge in [-0.1, -0.05) is 20.8 Å². The van der Waals surface area contributed by atoms with Crippen molar-refractivity contribution in [2.75, 3.05) is 6.54 Å². The summed E-state index contributed by atoms with van der Waals surface area (Å²) in [6, 6.07) is 1.04. The summed E-state index contributed by atoms with van der Waals surface area (Å²) in [5.41, 5.74) is 0.751. The summed E-state index contributed by atoms with van der Waals surface area (Å²) in [5.74, 6) is -0.0868. The van der Waals surface area contributed by atoms with Gasteiger partial charge in [-0.05, 0) is 18.4 Å². The van der Waals surface area contributed by atoms with E-state index in [4.69, 9.17) is 0 Å². The van der Waals surface area contributed by atoms with E-state index in [0.29, 0.717) is 13.0 Å². The highest BCUT2D eigenvalue weighted by atomic mass is 16.2. The molecule has 0 radical (unpaired) electrons. The molecule has 6 nitrogen and oxygen atoms in total. The van der Waals surface area contributed by atoms with Crippen molar-refractivity contribution >= 4 is 11.8 Å². The van der Waals surface area contributed by atoms with Crippen molar-refractivity contribution in [3.05, 3.63) is 18.0 Å². The van der Waals surface area contributed by atoms with E-state index in [0.717, 1.165) is 5.69 Å². The van der Waals surface area contributed by atoms with E-state index in [1.165, 1.54) is 0 Å². The molecule has 2 atom stereocenters. The van der Waals surface area contributed by atoms with Gasteiger partial charge in [0, 0.05) is 31.9 Å². The van der Waals surface area contributed by atoms with Gasteiger partial charge in [-0.25, -0.2) is 0 Å². The highest BCUT2D eigenvalue weighted by Crippen LogP contribution is 2.28. The smallest absolute Gasteiger partial charge is 0.245 e. The van der Waals surface area contributed by atoms with Gasteiger partial charge in [0.1, 0.15) is 12.1 Å². The molecule has 0 saturated carbocycles. The van der Waals surface area contributed by atoms with Crippen molar-refractivity contribution in [2.45, 2.75) is 46.2 Å². The van der Waals surface area contributed by atoms with Gasteiger partial charge in [-0.15, -0.1) is 0 Å². The molecule has 1 aliphatic heterocycles. The molecular formula is C15H24N4O2. The van der Waals surface area contributed by atoms with Crippen molar-refractivity contribution in [3.63, 3.8) is 0 Å². The highest BCUT2D eigenvalue weighted by Gasteiger charge is 2.44. The molecule has 0 aliphatic carbocycles. The SMILES string of the molecule is CC1NC(=O)C(C(C)(C)C)N(CCc2ccnn2C)C1=O. The predicted octanol–water partition coefficient (Wildman–Crippen LogP) is 0.724. The van der Waals surface area contributed by atoms with Crippen LogP contribution in [-0.2, 0) is 23.1 Å². The molecule has 1 fully saturated rings. The Bertz CT molecular complexity index is 544. The average Bonchev–Trinajstić information content (AvgIpc) is 2.75. The summed E-state index contributed by atoms with van der Waals surface area (Å²) >= 11 is 0. The number of nitrogens with one attached hydrogen (secondary N) is 1. The van der Waals surface area contributed by atoms with Crippen molar-refractivity contribution in [1.29, 1.82) is 0 Å². The zero-order valence-corrected chi connectivity index (χ0v) is 13.4. The number of hydrogen-bond acceptors (Lipinski definition) is 3. The Balaban J connectivity index is 2.20. The number of hydrogen-bond donors (Lipinski definition) is 1. The molecule has 1 saturated heterocycles. The molecule has 2 unspecified atom stereocenters. The molecule has 1 aromatic heterocycles. The second kappa shape index (κ2) is 5.50. The van der Waals surface area contributed by atoms with Crippen LogP contribution < -0.4 is 5.32 Å². The third-order valence-electron chi connectivity index (χ3n) is 3.92. The van der Waals surface area contributed by atoms with E-state index in [2.05, 4.69) is 10.4 Å². The standard InChI is InChI=1S/C15H24N4O2/c1-10-14(21)19(9-7-11-6-8-16-18(11)5)12(13(20)17-10)15(2,3)4/h6,8,10,12H,7,9H2,1-5H3,(H,17,20). The van der Waals surface area contributed by atoms with Gasteiger partial charge in [-0.3, -0.25) is 14.3 Å².